The van der Waals surface area contributed by atoms with Crippen molar-refractivity contribution in [2.24, 2.45) is 12.8 Å². The maximum atomic E-state index is 13.2. The quantitative estimate of drug-likeness (QED) is 0.885. The maximum absolute atomic E-state index is 13.2. The summed E-state index contributed by atoms with van der Waals surface area (Å²) in [5.74, 6) is -1.71. The molecule has 5 heteroatoms. The van der Waals surface area contributed by atoms with Gasteiger partial charge in [0.1, 0.15) is 0 Å². The van der Waals surface area contributed by atoms with Crippen LogP contribution in [-0.4, -0.2) is 16.3 Å². The molecule has 1 heterocycles. The van der Waals surface area contributed by atoms with E-state index in [-0.39, 0.29) is 0 Å². The lowest BCUT2D eigenvalue weighted by Crippen LogP contribution is -2.04. The van der Waals surface area contributed by atoms with Crippen LogP contribution in [0.25, 0.3) is 11.1 Å². The Hall–Kier alpha value is -1.75. The Balaban J connectivity index is 2.47. The molecule has 0 atom stereocenters. The second-order valence-corrected chi connectivity index (χ2v) is 3.83. The average molecular weight is 237 g/mol. The van der Waals surface area contributed by atoms with Crippen LogP contribution < -0.4 is 5.73 Å². The summed E-state index contributed by atoms with van der Waals surface area (Å²) in [4.78, 5) is 0. The van der Waals surface area contributed by atoms with Crippen LogP contribution in [0.15, 0.2) is 24.4 Å². The fourth-order valence-corrected chi connectivity index (χ4v) is 1.76. The van der Waals surface area contributed by atoms with E-state index in [1.807, 2.05) is 0 Å². The van der Waals surface area contributed by atoms with E-state index >= 15 is 0 Å². The van der Waals surface area contributed by atoms with E-state index in [2.05, 4.69) is 5.10 Å². The molecule has 0 aliphatic rings. The molecule has 0 radical (unpaired) electrons. The molecule has 2 rings (SSSR count). The number of nitrogens with zero attached hydrogens (tertiary/aromatic N) is 2. The smallest absolute Gasteiger partial charge is 0.159 e. The predicted octanol–water partition coefficient (Wildman–Crippen LogP) is 1.87. The average Bonchev–Trinajstić information content (AvgIpc) is 2.64. The first kappa shape index (κ1) is 11.7. The van der Waals surface area contributed by atoms with Crippen molar-refractivity contribution in [2.45, 2.75) is 6.42 Å². The summed E-state index contributed by atoms with van der Waals surface area (Å²) in [5.41, 5.74) is 7.68. The third-order valence-electron chi connectivity index (χ3n) is 2.52. The molecule has 0 amide bonds. The highest BCUT2D eigenvalue weighted by molar-refractivity contribution is 5.65. The molecule has 0 spiro atoms. The van der Waals surface area contributed by atoms with Crippen LogP contribution in [0.5, 0.6) is 0 Å². The summed E-state index contributed by atoms with van der Waals surface area (Å²) in [7, 11) is 1.78. The number of aryl methyl sites for hydroxylation is 1. The molecule has 0 fully saturated rings. The molecule has 17 heavy (non-hydrogen) atoms. The van der Waals surface area contributed by atoms with Crippen molar-refractivity contribution in [3.05, 3.63) is 41.7 Å². The topological polar surface area (TPSA) is 43.8 Å². The Morgan fingerprint density at radius 1 is 1.29 bits per heavy atom. The first-order valence-electron chi connectivity index (χ1n) is 5.30. The summed E-state index contributed by atoms with van der Waals surface area (Å²) in [6.45, 7) is 0.466. The number of nitrogens with two attached hydrogens (primary N) is 1. The third-order valence-corrected chi connectivity index (χ3v) is 2.52. The van der Waals surface area contributed by atoms with Crippen molar-refractivity contribution in [1.29, 1.82) is 0 Å². The monoisotopic (exact) mass is 237 g/mol. The molecule has 1 aromatic carbocycles. The number of aromatic nitrogens is 2. The normalized spacial score (nSPS) is 10.8. The summed E-state index contributed by atoms with van der Waals surface area (Å²) < 4.78 is 27.7. The SMILES string of the molecule is Cn1cc(-c2ccc(F)c(F)c2)c(CCN)n1. The van der Waals surface area contributed by atoms with E-state index in [1.54, 1.807) is 17.9 Å². The molecule has 0 bridgehead atoms. The molecule has 0 unspecified atom stereocenters. The molecule has 0 aliphatic carbocycles. The predicted molar refractivity (Wildman–Crippen MR) is 61.3 cm³/mol. The van der Waals surface area contributed by atoms with Gasteiger partial charge in [-0.05, 0) is 24.2 Å². The Labute approximate surface area is 97.9 Å². The van der Waals surface area contributed by atoms with Crippen LogP contribution >= 0.6 is 0 Å². The van der Waals surface area contributed by atoms with Crippen LogP contribution in [0, 0.1) is 11.6 Å². The van der Waals surface area contributed by atoms with Crippen LogP contribution in [0.4, 0.5) is 8.78 Å². The molecule has 90 valence electrons. The molecule has 3 nitrogen and oxygen atoms in total. The van der Waals surface area contributed by atoms with E-state index in [1.165, 1.54) is 12.1 Å². The molecular formula is C12H13F2N3. The molecule has 2 N–H and O–H groups in total. The van der Waals surface area contributed by atoms with Crippen molar-refractivity contribution in [2.75, 3.05) is 6.54 Å². The number of hydrogen-bond donors (Lipinski definition) is 1. The van der Waals surface area contributed by atoms with Gasteiger partial charge in [0.05, 0.1) is 5.69 Å². The zero-order valence-electron chi connectivity index (χ0n) is 9.45. The van der Waals surface area contributed by atoms with Gasteiger partial charge in [0.15, 0.2) is 11.6 Å². The summed E-state index contributed by atoms with van der Waals surface area (Å²) in [6, 6.07) is 3.83. The zero-order valence-corrected chi connectivity index (χ0v) is 9.45. The van der Waals surface area contributed by atoms with E-state index in [0.29, 0.717) is 18.5 Å². The molecule has 1 aromatic heterocycles. The first-order valence-corrected chi connectivity index (χ1v) is 5.30. The van der Waals surface area contributed by atoms with Gasteiger partial charge in [-0.1, -0.05) is 6.07 Å². The van der Waals surface area contributed by atoms with E-state index < -0.39 is 11.6 Å². The Morgan fingerprint density at radius 3 is 2.71 bits per heavy atom. The fourth-order valence-electron chi connectivity index (χ4n) is 1.76. The lowest BCUT2D eigenvalue weighted by molar-refractivity contribution is 0.509. The second kappa shape index (κ2) is 4.63. The van der Waals surface area contributed by atoms with Crippen LogP contribution in [0.1, 0.15) is 5.69 Å². The molecular weight excluding hydrogens is 224 g/mol. The number of halogens is 2. The first-order chi connectivity index (χ1) is 8.11. The number of rotatable bonds is 3. The molecule has 0 saturated carbocycles. The second-order valence-electron chi connectivity index (χ2n) is 3.83. The molecule has 0 aliphatic heterocycles. The minimum Gasteiger partial charge on any atom is -0.330 e. The highest BCUT2D eigenvalue weighted by Gasteiger charge is 2.11. The van der Waals surface area contributed by atoms with Crippen molar-refractivity contribution < 1.29 is 8.78 Å². The lowest BCUT2D eigenvalue weighted by Gasteiger charge is -2.02. The highest BCUT2D eigenvalue weighted by atomic mass is 19.2. The summed E-state index contributed by atoms with van der Waals surface area (Å²) in [5, 5.41) is 4.25. The standard InChI is InChI=1S/C12H13F2N3/c1-17-7-9(12(16-17)4-5-15)8-2-3-10(13)11(14)6-8/h2-3,6-7H,4-5,15H2,1H3. The van der Waals surface area contributed by atoms with Gasteiger partial charge in [0, 0.05) is 25.2 Å². The van der Waals surface area contributed by atoms with Gasteiger partial charge >= 0.3 is 0 Å². The Kier molecular flexibility index (Phi) is 3.19. The maximum Gasteiger partial charge on any atom is 0.159 e. The van der Waals surface area contributed by atoms with Gasteiger partial charge in [-0.2, -0.15) is 5.10 Å². The van der Waals surface area contributed by atoms with Crippen LogP contribution in [0.2, 0.25) is 0 Å². The fraction of sp³-hybridized carbons (Fsp3) is 0.250. The van der Waals surface area contributed by atoms with Gasteiger partial charge < -0.3 is 5.73 Å². The van der Waals surface area contributed by atoms with Crippen molar-refractivity contribution in [3.63, 3.8) is 0 Å². The van der Waals surface area contributed by atoms with E-state index in [9.17, 15) is 8.78 Å². The van der Waals surface area contributed by atoms with Gasteiger partial charge in [-0.3, -0.25) is 4.68 Å². The van der Waals surface area contributed by atoms with Crippen molar-refractivity contribution in [1.82, 2.24) is 9.78 Å². The number of hydrogen-bond acceptors (Lipinski definition) is 2. The summed E-state index contributed by atoms with van der Waals surface area (Å²) in [6.07, 6.45) is 2.38. The van der Waals surface area contributed by atoms with E-state index in [0.717, 1.165) is 17.3 Å². The van der Waals surface area contributed by atoms with Crippen LogP contribution in [-0.2, 0) is 13.5 Å². The van der Waals surface area contributed by atoms with Crippen molar-refractivity contribution >= 4 is 0 Å². The zero-order chi connectivity index (χ0) is 12.4. The van der Waals surface area contributed by atoms with E-state index in [4.69, 9.17) is 5.73 Å². The largest absolute Gasteiger partial charge is 0.330 e. The van der Waals surface area contributed by atoms with Gasteiger partial charge in [0.2, 0.25) is 0 Å². The minimum atomic E-state index is -0.856. The lowest BCUT2D eigenvalue weighted by atomic mass is 10.0. The summed E-state index contributed by atoms with van der Waals surface area (Å²) >= 11 is 0. The van der Waals surface area contributed by atoms with Gasteiger partial charge in [-0.15, -0.1) is 0 Å². The van der Waals surface area contributed by atoms with Gasteiger partial charge in [-0.25, -0.2) is 8.78 Å². The molecule has 2 aromatic rings. The van der Waals surface area contributed by atoms with Gasteiger partial charge in [0.25, 0.3) is 0 Å². The minimum absolute atomic E-state index is 0.466. The Morgan fingerprint density at radius 2 is 2.06 bits per heavy atom. The molecule has 0 saturated heterocycles. The van der Waals surface area contributed by atoms with Crippen LogP contribution in [0.3, 0.4) is 0 Å². The van der Waals surface area contributed by atoms with Crippen molar-refractivity contribution in [3.8, 4) is 11.1 Å². The number of benzene rings is 1. The third kappa shape index (κ3) is 2.34. The highest BCUT2D eigenvalue weighted by Crippen LogP contribution is 2.24. The Bertz CT molecular complexity index is 535.